The van der Waals surface area contributed by atoms with Crippen molar-refractivity contribution < 1.29 is 9.53 Å². The molecule has 0 saturated heterocycles. The van der Waals surface area contributed by atoms with Gasteiger partial charge in [-0.1, -0.05) is 12.1 Å². The second kappa shape index (κ2) is 8.07. The standard InChI is InChI=1S/C19H21N3O2S/c1-22(13-18-20-16-5-3-4-6-17(16)21-18)19(23)11-12-25-15-9-7-14(24-2)8-10-15/h3-10H,11-13H2,1-2H3,(H,20,21). The quantitative estimate of drug-likeness (QED) is 0.657. The molecule has 0 saturated carbocycles. The van der Waals surface area contributed by atoms with Crippen molar-refractivity contribution in [3.63, 3.8) is 0 Å². The number of para-hydroxylation sites is 2. The van der Waals surface area contributed by atoms with E-state index in [0.29, 0.717) is 13.0 Å². The molecule has 0 aliphatic heterocycles. The van der Waals surface area contributed by atoms with E-state index in [1.807, 2.05) is 55.6 Å². The van der Waals surface area contributed by atoms with Crippen LogP contribution in [-0.2, 0) is 11.3 Å². The first-order valence-electron chi connectivity index (χ1n) is 8.10. The number of rotatable bonds is 7. The van der Waals surface area contributed by atoms with Crippen LogP contribution in [0.25, 0.3) is 11.0 Å². The minimum atomic E-state index is 0.112. The lowest BCUT2D eigenvalue weighted by Gasteiger charge is -2.15. The molecule has 0 unspecified atom stereocenters. The van der Waals surface area contributed by atoms with Gasteiger partial charge < -0.3 is 14.6 Å². The van der Waals surface area contributed by atoms with Crippen LogP contribution in [0.15, 0.2) is 53.4 Å². The Bertz CT molecular complexity index is 812. The highest BCUT2D eigenvalue weighted by atomic mass is 32.2. The molecule has 0 aliphatic carbocycles. The summed E-state index contributed by atoms with van der Waals surface area (Å²) in [5.41, 5.74) is 1.92. The number of hydrogen-bond donors (Lipinski definition) is 1. The molecule has 6 heteroatoms. The van der Waals surface area contributed by atoms with Crippen molar-refractivity contribution in [3.8, 4) is 5.75 Å². The average molecular weight is 355 g/mol. The van der Waals surface area contributed by atoms with Crippen molar-refractivity contribution in [1.82, 2.24) is 14.9 Å². The fourth-order valence-corrected chi connectivity index (χ4v) is 3.35. The number of fused-ring (bicyclic) bond motifs is 1. The van der Waals surface area contributed by atoms with Gasteiger partial charge in [0, 0.05) is 24.1 Å². The van der Waals surface area contributed by atoms with Crippen LogP contribution in [0.2, 0.25) is 0 Å². The van der Waals surface area contributed by atoms with Gasteiger partial charge >= 0.3 is 0 Å². The van der Waals surface area contributed by atoms with Crippen molar-refractivity contribution in [2.24, 2.45) is 0 Å². The van der Waals surface area contributed by atoms with Gasteiger partial charge in [-0.15, -0.1) is 11.8 Å². The van der Waals surface area contributed by atoms with Crippen LogP contribution in [0, 0.1) is 0 Å². The number of H-pyrrole nitrogens is 1. The van der Waals surface area contributed by atoms with E-state index in [1.54, 1.807) is 23.8 Å². The Morgan fingerprint density at radius 2 is 1.96 bits per heavy atom. The van der Waals surface area contributed by atoms with Gasteiger partial charge in [-0.2, -0.15) is 0 Å². The second-order valence-corrected chi connectivity index (χ2v) is 6.89. The number of hydrogen-bond acceptors (Lipinski definition) is 4. The normalized spacial score (nSPS) is 10.8. The number of nitrogens with zero attached hydrogens (tertiary/aromatic N) is 2. The Morgan fingerprint density at radius 3 is 2.68 bits per heavy atom. The van der Waals surface area contributed by atoms with Crippen LogP contribution in [0.4, 0.5) is 0 Å². The van der Waals surface area contributed by atoms with Crippen molar-refractivity contribution >= 4 is 28.7 Å². The predicted molar refractivity (Wildman–Crippen MR) is 101 cm³/mol. The number of ether oxygens (including phenoxy) is 1. The SMILES string of the molecule is COc1ccc(SCCC(=O)N(C)Cc2nc3ccccc3[nH]2)cc1. The van der Waals surface area contributed by atoms with Crippen LogP contribution in [0.3, 0.4) is 0 Å². The number of methoxy groups -OCH3 is 1. The molecule has 5 nitrogen and oxygen atoms in total. The van der Waals surface area contributed by atoms with E-state index in [1.165, 1.54) is 0 Å². The Hall–Kier alpha value is -2.47. The highest BCUT2D eigenvalue weighted by Crippen LogP contribution is 2.22. The Morgan fingerprint density at radius 1 is 1.20 bits per heavy atom. The molecular weight excluding hydrogens is 334 g/mol. The van der Waals surface area contributed by atoms with Crippen LogP contribution in [-0.4, -0.2) is 40.7 Å². The summed E-state index contributed by atoms with van der Waals surface area (Å²) in [6.45, 7) is 0.487. The van der Waals surface area contributed by atoms with Crippen LogP contribution < -0.4 is 4.74 Å². The monoisotopic (exact) mass is 355 g/mol. The largest absolute Gasteiger partial charge is 0.497 e. The number of benzene rings is 2. The molecule has 0 atom stereocenters. The lowest BCUT2D eigenvalue weighted by molar-refractivity contribution is -0.130. The molecule has 1 amide bonds. The van der Waals surface area contributed by atoms with Gasteiger partial charge in [-0.25, -0.2) is 4.98 Å². The molecule has 130 valence electrons. The van der Waals surface area contributed by atoms with Crippen LogP contribution in [0.5, 0.6) is 5.75 Å². The van der Waals surface area contributed by atoms with E-state index in [2.05, 4.69) is 9.97 Å². The van der Waals surface area contributed by atoms with E-state index < -0.39 is 0 Å². The summed E-state index contributed by atoms with van der Waals surface area (Å²) in [5, 5.41) is 0. The third kappa shape index (κ3) is 4.54. The van der Waals surface area contributed by atoms with E-state index in [4.69, 9.17) is 4.74 Å². The van der Waals surface area contributed by atoms with Crippen LogP contribution in [0.1, 0.15) is 12.2 Å². The van der Waals surface area contributed by atoms with Gasteiger partial charge in [-0.05, 0) is 36.4 Å². The van der Waals surface area contributed by atoms with Crippen molar-refractivity contribution in [2.75, 3.05) is 19.9 Å². The topological polar surface area (TPSA) is 58.2 Å². The molecule has 0 fully saturated rings. The number of carbonyl (C=O) groups excluding carboxylic acids is 1. The maximum Gasteiger partial charge on any atom is 0.223 e. The summed E-state index contributed by atoms with van der Waals surface area (Å²) in [5.74, 6) is 2.50. The zero-order chi connectivity index (χ0) is 17.6. The van der Waals surface area contributed by atoms with Crippen molar-refractivity contribution in [1.29, 1.82) is 0 Å². The number of aromatic amines is 1. The molecule has 3 aromatic rings. The van der Waals surface area contributed by atoms with Gasteiger partial charge in [0.2, 0.25) is 5.91 Å². The number of nitrogens with one attached hydrogen (secondary N) is 1. The molecule has 0 radical (unpaired) electrons. The fourth-order valence-electron chi connectivity index (χ4n) is 2.51. The Labute approximate surface area is 151 Å². The van der Waals surface area contributed by atoms with E-state index in [-0.39, 0.29) is 5.91 Å². The van der Waals surface area contributed by atoms with Gasteiger partial charge in [-0.3, -0.25) is 4.79 Å². The molecule has 1 N–H and O–H groups in total. The Balaban J connectivity index is 1.48. The van der Waals surface area contributed by atoms with E-state index >= 15 is 0 Å². The van der Waals surface area contributed by atoms with Crippen molar-refractivity contribution in [3.05, 3.63) is 54.4 Å². The molecular formula is C19H21N3O2S. The second-order valence-electron chi connectivity index (χ2n) is 5.72. The molecule has 0 bridgehead atoms. The molecule has 1 heterocycles. The lowest BCUT2D eigenvalue weighted by Crippen LogP contribution is -2.26. The summed E-state index contributed by atoms with van der Waals surface area (Å²) >= 11 is 1.67. The lowest BCUT2D eigenvalue weighted by atomic mass is 10.3. The smallest absolute Gasteiger partial charge is 0.223 e. The summed E-state index contributed by atoms with van der Waals surface area (Å²) < 4.78 is 5.14. The Kier molecular flexibility index (Phi) is 5.60. The summed E-state index contributed by atoms with van der Waals surface area (Å²) in [6, 6.07) is 15.7. The van der Waals surface area contributed by atoms with Crippen LogP contribution >= 0.6 is 11.8 Å². The first kappa shape index (κ1) is 17.4. The maximum absolute atomic E-state index is 12.3. The summed E-state index contributed by atoms with van der Waals surface area (Å²) in [6.07, 6.45) is 0.493. The van der Waals surface area contributed by atoms with Gasteiger partial charge in [0.15, 0.2) is 0 Å². The highest BCUT2D eigenvalue weighted by molar-refractivity contribution is 7.99. The third-order valence-electron chi connectivity index (χ3n) is 3.90. The van der Waals surface area contributed by atoms with Gasteiger partial charge in [0.05, 0.1) is 24.7 Å². The molecule has 2 aromatic carbocycles. The zero-order valence-corrected chi connectivity index (χ0v) is 15.2. The van der Waals surface area contributed by atoms with Gasteiger partial charge in [0.25, 0.3) is 0 Å². The molecule has 0 spiro atoms. The van der Waals surface area contributed by atoms with E-state index in [0.717, 1.165) is 33.3 Å². The number of imidazole rings is 1. The fraction of sp³-hybridized carbons (Fsp3) is 0.263. The van der Waals surface area contributed by atoms with Crippen molar-refractivity contribution in [2.45, 2.75) is 17.9 Å². The molecule has 1 aromatic heterocycles. The first-order chi connectivity index (χ1) is 12.2. The molecule has 25 heavy (non-hydrogen) atoms. The van der Waals surface area contributed by atoms with E-state index in [9.17, 15) is 4.79 Å². The number of thioether (sulfide) groups is 1. The van der Waals surface area contributed by atoms with Gasteiger partial charge in [0.1, 0.15) is 11.6 Å². The highest BCUT2D eigenvalue weighted by Gasteiger charge is 2.11. The molecule has 3 rings (SSSR count). The average Bonchev–Trinajstić information content (AvgIpc) is 3.04. The number of amides is 1. The number of aromatic nitrogens is 2. The summed E-state index contributed by atoms with van der Waals surface area (Å²) in [4.78, 5) is 22.9. The minimum Gasteiger partial charge on any atom is -0.497 e. The zero-order valence-electron chi connectivity index (χ0n) is 14.4. The number of carbonyl (C=O) groups is 1. The predicted octanol–water partition coefficient (Wildman–Crippen LogP) is 3.71. The maximum atomic E-state index is 12.3. The summed E-state index contributed by atoms with van der Waals surface area (Å²) in [7, 11) is 3.46. The minimum absolute atomic E-state index is 0.112. The first-order valence-corrected chi connectivity index (χ1v) is 9.08. The molecule has 0 aliphatic rings. The third-order valence-corrected chi connectivity index (χ3v) is 4.91.